The lowest BCUT2D eigenvalue weighted by atomic mass is 10.0. The van der Waals surface area contributed by atoms with Crippen molar-refractivity contribution in [3.63, 3.8) is 0 Å². The third-order valence-corrected chi connectivity index (χ3v) is 3.73. The molecule has 2 heterocycles. The Morgan fingerprint density at radius 3 is 3.00 bits per heavy atom. The maximum atomic E-state index is 12.1. The van der Waals surface area contributed by atoms with Crippen LogP contribution in [0.25, 0.3) is 11.6 Å². The molecule has 0 fully saturated rings. The van der Waals surface area contributed by atoms with Crippen LogP contribution in [0.1, 0.15) is 16.7 Å². The summed E-state index contributed by atoms with van der Waals surface area (Å²) in [5.74, 6) is 0.923. The molecule has 2 aliphatic heterocycles. The van der Waals surface area contributed by atoms with E-state index in [2.05, 4.69) is 11.4 Å². The maximum absolute atomic E-state index is 12.1. The Morgan fingerprint density at radius 1 is 1.15 bits per heavy atom. The van der Waals surface area contributed by atoms with Gasteiger partial charge in [-0.1, -0.05) is 24.3 Å². The minimum atomic E-state index is -0.0389. The molecule has 0 unspecified atom stereocenters. The minimum absolute atomic E-state index is 0.0389. The van der Waals surface area contributed by atoms with Gasteiger partial charge in [-0.3, -0.25) is 4.79 Å². The molecule has 0 aliphatic carbocycles. The number of para-hydroxylation sites is 1. The maximum Gasteiger partial charge on any atom is 0.256 e. The molecule has 3 nitrogen and oxygen atoms in total. The Morgan fingerprint density at radius 2 is 2.05 bits per heavy atom. The number of benzene rings is 2. The van der Waals surface area contributed by atoms with E-state index < -0.39 is 0 Å². The monoisotopic (exact) mass is 263 g/mol. The number of nitrogens with one attached hydrogen (secondary N) is 1. The summed E-state index contributed by atoms with van der Waals surface area (Å²) in [6.45, 7) is 0.749. The largest absolute Gasteiger partial charge is 0.493 e. The van der Waals surface area contributed by atoms with Gasteiger partial charge in [0.05, 0.1) is 6.61 Å². The number of hydrogen-bond acceptors (Lipinski definition) is 2. The Hall–Kier alpha value is -2.55. The lowest BCUT2D eigenvalue weighted by Gasteiger charge is -2.01. The van der Waals surface area contributed by atoms with E-state index in [0.29, 0.717) is 0 Å². The molecule has 2 aromatic carbocycles. The summed E-state index contributed by atoms with van der Waals surface area (Å²) in [7, 11) is 0. The van der Waals surface area contributed by atoms with Crippen LogP contribution >= 0.6 is 0 Å². The Labute approximate surface area is 116 Å². The fourth-order valence-electron chi connectivity index (χ4n) is 2.75. The number of hydrogen-bond donors (Lipinski definition) is 1. The van der Waals surface area contributed by atoms with Crippen LogP contribution in [0.3, 0.4) is 0 Å². The molecule has 0 atom stereocenters. The van der Waals surface area contributed by atoms with E-state index in [4.69, 9.17) is 4.74 Å². The number of amides is 1. The third kappa shape index (κ3) is 1.71. The summed E-state index contributed by atoms with van der Waals surface area (Å²) in [6.07, 6.45) is 2.88. The van der Waals surface area contributed by atoms with Gasteiger partial charge in [0.25, 0.3) is 5.91 Å². The molecule has 0 spiro atoms. The Kier molecular flexibility index (Phi) is 2.39. The molecule has 0 radical (unpaired) electrons. The minimum Gasteiger partial charge on any atom is -0.493 e. The molecule has 4 rings (SSSR count). The van der Waals surface area contributed by atoms with Gasteiger partial charge in [0.2, 0.25) is 0 Å². The van der Waals surface area contributed by atoms with E-state index in [1.54, 1.807) is 0 Å². The SMILES string of the molecule is O=C1Nc2ccccc2C1=Cc1ccc2c(c1)CCO2. The smallest absolute Gasteiger partial charge is 0.256 e. The summed E-state index contributed by atoms with van der Waals surface area (Å²) < 4.78 is 5.50. The van der Waals surface area contributed by atoms with Crippen molar-refractivity contribution in [3.8, 4) is 5.75 Å². The first kappa shape index (κ1) is 11.3. The van der Waals surface area contributed by atoms with Crippen molar-refractivity contribution in [1.82, 2.24) is 0 Å². The summed E-state index contributed by atoms with van der Waals surface area (Å²) in [6, 6.07) is 13.8. The zero-order valence-corrected chi connectivity index (χ0v) is 10.8. The molecular formula is C17H13NO2. The van der Waals surface area contributed by atoms with E-state index in [-0.39, 0.29) is 5.91 Å². The molecule has 2 aliphatic rings. The summed E-state index contributed by atoms with van der Waals surface area (Å²) in [5, 5.41) is 2.89. The summed E-state index contributed by atoms with van der Waals surface area (Å²) in [4.78, 5) is 12.1. The number of carbonyl (C=O) groups is 1. The van der Waals surface area contributed by atoms with Crippen molar-refractivity contribution < 1.29 is 9.53 Å². The second-order valence-electron chi connectivity index (χ2n) is 5.02. The van der Waals surface area contributed by atoms with Crippen molar-refractivity contribution in [2.45, 2.75) is 6.42 Å². The third-order valence-electron chi connectivity index (χ3n) is 3.73. The van der Waals surface area contributed by atoms with Gasteiger partial charge in [-0.25, -0.2) is 0 Å². The van der Waals surface area contributed by atoms with Crippen LogP contribution in [-0.2, 0) is 11.2 Å². The first-order chi connectivity index (χ1) is 9.81. The van der Waals surface area contributed by atoms with Crippen LogP contribution in [-0.4, -0.2) is 12.5 Å². The van der Waals surface area contributed by atoms with Gasteiger partial charge in [-0.15, -0.1) is 0 Å². The van der Waals surface area contributed by atoms with Crippen LogP contribution in [0.5, 0.6) is 5.75 Å². The zero-order chi connectivity index (χ0) is 13.5. The van der Waals surface area contributed by atoms with Gasteiger partial charge in [0.15, 0.2) is 0 Å². The topological polar surface area (TPSA) is 38.3 Å². The predicted octanol–water partition coefficient (Wildman–Crippen LogP) is 3.11. The van der Waals surface area contributed by atoms with Crippen molar-refractivity contribution >= 4 is 23.2 Å². The highest BCUT2D eigenvalue weighted by atomic mass is 16.5. The highest BCUT2D eigenvalue weighted by molar-refractivity contribution is 6.34. The predicted molar refractivity (Wildman–Crippen MR) is 78.6 cm³/mol. The molecule has 3 heteroatoms. The fourth-order valence-corrected chi connectivity index (χ4v) is 2.75. The molecule has 0 saturated heterocycles. The first-order valence-electron chi connectivity index (χ1n) is 6.69. The van der Waals surface area contributed by atoms with Crippen molar-refractivity contribution in [1.29, 1.82) is 0 Å². The summed E-state index contributed by atoms with van der Waals surface area (Å²) >= 11 is 0. The van der Waals surface area contributed by atoms with Gasteiger partial charge in [-0.05, 0) is 35.4 Å². The van der Waals surface area contributed by atoms with Crippen molar-refractivity contribution in [3.05, 3.63) is 59.2 Å². The second kappa shape index (κ2) is 4.23. The van der Waals surface area contributed by atoms with Crippen LogP contribution in [0.4, 0.5) is 5.69 Å². The molecular weight excluding hydrogens is 250 g/mol. The average molecular weight is 263 g/mol. The molecule has 0 bridgehead atoms. The standard InChI is InChI=1S/C17H13NO2/c19-17-14(13-3-1-2-4-15(13)18-17)10-11-5-6-16-12(9-11)7-8-20-16/h1-6,9-10H,7-8H2,(H,18,19). The van der Waals surface area contributed by atoms with E-state index in [1.807, 2.05) is 42.5 Å². The van der Waals surface area contributed by atoms with E-state index in [0.717, 1.165) is 41.2 Å². The Balaban J connectivity index is 1.79. The lowest BCUT2D eigenvalue weighted by molar-refractivity contribution is -0.110. The molecule has 20 heavy (non-hydrogen) atoms. The molecule has 1 amide bonds. The van der Waals surface area contributed by atoms with Crippen LogP contribution in [0, 0.1) is 0 Å². The zero-order valence-electron chi connectivity index (χ0n) is 10.8. The van der Waals surface area contributed by atoms with Crippen LogP contribution in [0.2, 0.25) is 0 Å². The summed E-state index contributed by atoms with van der Waals surface area (Å²) in [5.41, 5.74) is 4.82. The van der Waals surface area contributed by atoms with Crippen LogP contribution < -0.4 is 10.1 Å². The van der Waals surface area contributed by atoms with E-state index >= 15 is 0 Å². The normalized spacial score (nSPS) is 17.6. The van der Waals surface area contributed by atoms with Gasteiger partial charge in [-0.2, -0.15) is 0 Å². The highest BCUT2D eigenvalue weighted by Crippen LogP contribution is 2.33. The van der Waals surface area contributed by atoms with Crippen LogP contribution in [0.15, 0.2) is 42.5 Å². The second-order valence-corrected chi connectivity index (χ2v) is 5.02. The fraction of sp³-hybridized carbons (Fsp3) is 0.118. The Bertz CT molecular complexity index is 746. The molecule has 98 valence electrons. The average Bonchev–Trinajstić information content (AvgIpc) is 3.04. The van der Waals surface area contributed by atoms with Gasteiger partial charge in [0, 0.05) is 23.2 Å². The molecule has 1 N–H and O–H groups in total. The molecule has 2 aromatic rings. The number of anilines is 1. The van der Waals surface area contributed by atoms with E-state index in [9.17, 15) is 4.79 Å². The molecule has 0 saturated carbocycles. The molecule has 0 aromatic heterocycles. The first-order valence-corrected chi connectivity index (χ1v) is 6.69. The number of ether oxygens (including phenoxy) is 1. The number of fused-ring (bicyclic) bond motifs is 2. The highest BCUT2D eigenvalue weighted by Gasteiger charge is 2.23. The van der Waals surface area contributed by atoms with E-state index in [1.165, 1.54) is 5.56 Å². The quantitative estimate of drug-likeness (QED) is 0.803. The van der Waals surface area contributed by atoms with Gasteiger partial charge >= 0.3 is 0 Å². The van der Waals surface area contributed by atoms with Gasteiger partial charge < -0.3 is 10.1 Å². The lowest BCUT2D eigenvalue weighted by Crippen LogP contribution is -2.03. The van der Waals surface area contributed by atoms with Crippen molar-refractivity contribution in [2.75, 3.05) is 11.9 Å². The van der Waals surface area contributed by atoms with Crippen molar-refractivity contribution in [2.24, 2.45) is 0 Å². The number of carbonyl (C=O) groups excluding carboxylic acids is 1. The number of rotatable bonds is 1. The van der Waals surface area contributed by atoms with Gasteiger partial charge in [0.1, 0.15) is 5.75 Å².